The minimum Gasteiger partial charge on any atom is -0.457 e. The van der Waals surface area contributed by atoms with E-state index in [0.29, 0.717) is 23.6 Å². The Morgan fingerprint density at radius 3 is 2.03 bits per heavy atom. The minimum atomic E-state index is -0.511. The number of unbranched alkanes of at least 4 members (excludes halogenated alkanes) is 8. The average Bonchev–Trinajstić information content (AvgIpc) is 2.96. The SMILES string of the molecule is CCCCCCCCCCCC(=O)Nc1cccc(NC(=O)c2cccc(C(=O)OCc3ccccc3)c2)n1. The lowest BCUT2D eigenvalue weighted by Crippen LogP contribution is -2.16. The molecule has 0 atom stereocenters. The molecule has 3 aromatic rings. The number of aromatic nitrogens is 1. The molecule has 0 saturated heterocycles. The predicted octanol–water partition coefficient (Wildman–Crippen LogP) is 7.55. The van der Waals surface area contributed by atoms with Gasteiger partial charge in [-0.05, 0) is 42.3 Å². The molecule has 0 radical (unpaired) electrons. The van der Waals surface area contributed by atoms with E-state index in [4.69, 9.17) is 4.74 Å². The molecule has 7 heteroatoms. The van der Waals surface area contributed by atoms with Crippen molar-refractivity contribution in [2.24, 2.45) is 0 Å². The monoisotopic (exact) mass is 529 g/mol. The van der Waals surface area contributed by atoms with Crippen LogP contribution in [0.3, 0.4) is 0 Å². The fourth-order valence-corrected chi connectivity index (χ4v) is 4.16. The van der Waals surface area contributed by atoms with Gasteiger partial charge in [0.05, 0.1) is 5.56 Å². The minimum absolute atomic E-state index is 0.0874. The first-order chi connectivity index (χ1) is 19.0. The van der Waals surface area contributed by atoms with E-state index in [-0.39, 0.29) is 18.1 Å². The molecule has 1 aromatic heterocycles. The number of hydrogen-bond acceptors (Lipinski definition) is 5. The molecular weight excluding hydrogens is 490 g/mol. The summed E-state index contributed by atoms with van der Waals surface area (Å²) in [6.45, 7) is 2.37. The molecule has 0 unspecified atom stereocenters. The molecule has 0 bridgehead atoms. The van der Waals surface area contributed by atoms with Gasteiger partial charge in [-0.3, -0.25) is 9.59 Å². The molecule has 0 aliphatic rings. The highest BCUT2D eigenvalue weighted by molar-refractivity contribution is 6.05. The summed E-state index contributed by atoms with van der Waals surface area (Å²) < 4.78 is 5.36. The number of anilines is 2. The van der Waals surface area contributed by atoms with Crippen LogP contribution in [0, 0.1) is 0 Å². The van der Waals surface area contributed by atoms with Crippen LogP contribution >= 0.6 is 0 Å². The summed E-state index contributed by atoms with van der Waals surface area (Å²) in [5.74, 6) is -0.331. The van der Waals surface area contributed by atoms with Crippen LogP contribution < -0.4 is 10.6 Å². The van der Waals surface area contributed by atoms with Crippen molar-refractivity contribution >= 4 is 29.4 Å². The Morgan fingerprint density at radius 2 is 1.31 bits per heavy atom. The molecular formula is C32H39N3O4. The fraction of sp³-hybridized carbons (Fsp3) is 0.375. The molecule has 39 heavy (non-hydrogen) atoms. The lowest BCUT2D eigenvalue weighted by Gasteiger charge is -2.09. The van der Waals surface area contributed by atoms with Gasteiger partial charge in [0.15, 0.2) is 0 Å². The van der Waals surface area contributed by atoms with Gasteiger partial charge in [0.25, 0.3) is 5.91 Å². The number of ether oxygens (including phenoxy) is 1. The lowest BCUT2D eigenvalue weighted by molar-refractivity contribution is -0.116. The smallest absolute Gasteiger partial charge is 0.338 e. The second kappa shape index (κ2) is 16.8. The van der Waals surface area contributed by atoms with Crippen LogP contribution in [-0.2, 0) is 16.1 Å². The third-order valence-electron chi connectivity index (χ3n) is 6.34. The number of pyridine rings is 1. The zero-order chi connectivity index (χ0) is 27.7. The van der Waals surface area contributed by atoms with Crippen LogP contribution in [-0.4, -0.2) is 22.8 Å². The molecule has 206 valence electrons. The number of hydrogen-bond donors (Lipinski definition) is 2. The molecule has 0 saturated carbocycles. The Bertz CT molecular complexity index is 1200. The van der Waals surface area contributed by atoms with Crippen molar-refractivity contribution in [2.75, 3.05) is 10.6 Å². The van der Waals surface area contributed by atoms with Gasteiger partial charge >= 0.3 is 5.97 Å². The van der Waals surface area contributed by atoms with Gasteiger partial charge in [-0.15, -0.1) is 0 Å². The molecule has 0 spiro atoms. The van der Waals surface area contributed by atoms with Gasteiger partial charge in [0.2, 0.25) is 5.91 Å². The highest BCUT2D eigenvalue weighted by Crippen LogP contribution is 2.15. The van der Waals surface area contributed by atoms with Gasteiger partial charge in [-0.1, -0.05) is 101 Å². The third kappa shape index (κ3) is 11.1. The summed E-state index contributed by atoms with van der Waals surface area (Å²) in [7, 11) is 0. The standard InChI is InChI=1S/C32H39N3O4/c1-2-3-4-5-6-7-8-9-13-22-30(36)34-28-20-15-21-29(33-28)35-31(37)26-18-14-19-27(23-26)32(38)39-24-25-16-11-10-12-17-25/h10-12,14-21,23H,2-9,13,22,24H2,1H3,(H2,33,34,35,36,37). The molecule has 2 N–H and O–H groups in total. The molecule has 7 nitrogen and oxygen atoms in total. The van der Waals surface area contributed by atoms with Gasteiger partial charge in [-0.25, -0.2) is 9.78 Å². The van der Waals surface area contributed by atoms with Crippen LogP contribution in [0.2, 0.25) is 0 Å². The van der Waals surface area contributed by atoms with E-state index in [1.54, 1.807) is 36.4 Å². The highest BCUT2D eigenvalue weighted by Gasteiger charge is 2.13. The van der Waals surface area contributed by atoms with Crippen molar-refractivity contribution in [3.63, 3.8) is 0 Å². The normalized spacial score (nSPS) is 10.6. The van der Waals surface area contributed by atoms with E-state index in [1.807, 2.05) is 30.3 Å². The highest BCUT2D eigenvalue weighted by atomic mass is 16.5. The second-order valence-corrected chi connectivity index (χ2v) is 9.63. The Kier molecular flexibility index (Phi) is 12.7. The first-order valence-corrected chi connectivity index (χ1v) is 13.9. The maximum absolute atomic E-state index is 12.8. The van der Waals surface area contributed by atoms with Crippen LogP contribution in [0.4, 0.5) is 11.6 Å². The Hall–Kier alpha value is -4.00. The number of nitrogens with zero attached hydrogens (tertiary/aromatic N) is 1. The predicted molar refractivity (Wildman–Crippen MR) is 155 cm³/mol. The van der Waals surface area contributed by atoms with Crippen LogP contribution in [0.1, 0.15) is 97.4 Å². The van der Waals surface area contributed by atoms with Gasteiger partial charge in [0, 0.05) is 12.0 Å². The lowest BCUT2D eigenvalue weighted by atomic mass is 10.1. The zero-order valence-electron chi connectivity index (χ0n) is 22.8. The van der Waals surface area contributed by atoms with Gasteiger partial charge < -0.3 is 15.4 Å². The topological polar surface area (TPSA) is 97.4 Å². The molecule has 2 amide bonds. The summed E-state index contributed by atoms with van der Waals surface area (Å²) in [5.41, 5.74) is 1.46. The van der Waals surface area contributed by atoms with Crippen molar-refractivity contribution in [3.8, 4) is 0 Å². The van der Waals surface area contributed by atoms with Crippen molar-refractivity contribution in [1.82, 2.24) is 4.98 Å². The summed E-state index contributed by atoms with van der Waals surface area (Å²) in [4.78, 5) is 42.0. The number of esters is 1. The van der Waals surface area contributed by atoms with E-state index in [0.717, 1.165) is 24.8 Å². The number of carbonyl (C=O) groups is 3. The van der Waals surface area contributed by atoms with E-state index in [1.165, 1.54) is 44.6 Å². The van der Waals surface area contributed by atoms with Crippen molar-refractivity contribution in [2.45, 2.75) is 77.7 Å². The largest absolute Gasteiger partial charge is 0.457 e. The first kappa shape index (κ1) is 29.6. The molecule has 0 fully saturated rings. The Labute approximate surface area is 231 Å². The van der Waals surface area contributed by atoms with Crippen molar-refractivity contribution < 1.29 is 19.1 Å². The van der Waals surface area contributed by atoms with Gasteiger partial charge in [0.1, 0.15) is 18.2 Å². The van der Waals surface area contributed by atoms with Crippen LogP contribution in [0.5, 0.6) is 0 Å². The third-order valence-corrected chi connectivity index (χ3v) is 6.34. The fourth-order valence-electron chi connectivity index (χ4n) is 4.16. The molecule has 2 aromatic carbocycles. The van der Waals surface area contributed by atoms with E-state index in [9.17, 15) is 14.4 Å². The summed E-state index contributed by atoms with van der Waals surface area (Å²) in [5, 5.41) is 5.54. The molecule has 0 aliphatic heterocycles. The summed E-state index contributed by atoms with van der Waals surface area (Å²) in [6.07, 6.45) is 11.2. The number of nitrogens with one attached hydrogen (secondary N) is 2. The van der Waals surface area contributed by atoms with Crippen molar-refractivity contribution in [1.29, 1.82) is 0 Å². The number of carbonyl (C=O) groups excluding carboxylic acids is 3. The van der Waals surface area contributed by atoms with Gasteiger partial charge in [-0.2, -0.15) is 0 Å². The maximum Gasteiger partial charge on any atom is 0.338 e. The molecule has 3 rings (SSSR count). The molecule has 1 heterocycles. The van der Waals surface area contributed by atoms with Crippen LogP contribution in [0.25, 0.3) is 0 Å². The zero-order valence-corrected chi connectivity index (χ0v) is 22.8. The quantitative estimate of drug-likeness (QED) is 0.147. The summed E-state index contributed by atoms with van der Waals surface area (Å²) in [6, 6.07) is 20.8. The second-order valence-electron chi connectivity index (χ2n) is 9.63. The Balaban J connectivity index is 1.43. The van der Waals surface area contributed by atoms with Crippen LogP contribution in [0.15, 0.2) is 72.8 Å². The van der Waals surface area contributed by atoms with E-state index < -0.39 is 11.9 Å². The first-order valence-electron chi connectivity index (χ1n) is 13.9. The number of benzene rings is 2. The number of rotatable bonds is 16. The summed E-state index contributed by atoms with van der Waals surface area (Å²) >= 11 is 0. The van der Waals surface area contributed by atoms with E-state index in [2.05, 4.69) is 22.5 Å². The molecule has 0 aliphatic carbocycles. The average molecular weight is 530 g/mol. The maximum atomic E-state index is 12.8. The van der Waals surface area contributed by atoms with Crippen molar-refractivity contribution in [3.05, 3.63) is 89.5 Å². The van der Waals surface area contributed by atoms with E-state index >= 15 is 0 Å². The number of amides is 2. The Morgan fingerprint density at radius 1 is 0.692 bits per heavy atom.